The van der Waals surface area contributed by atoms with Crippen LogP contribution in [0, 0.1) is 0 Å². The van der Waals surface area contributed by atoms with Gasteiger partial charge >= 0.3 is 0 Å². The highest BCUT2D eigenvalue weighted by Gasteiger charge is 2.13. The zero-order chi connectivity index (χ0) is 18.7. The zero-order valence-corrected chi connectivity index (χ0v) is 16.1. The molecule has 8 heteroatoms. The third-order valence-corrected chi connectivity index (χ3v) is 6.04. The minimum absolute atomic E-state index is 0.212. The van der Waals surface area contributed by atoms with E-state index < -0.39 is 9.84 Å². The molecule has 3 aromatic rings. The second-order valence-electron chi connectivity index (χ2n) is 5.80. The average Bonchev–Trinajstić information content (AvgIpc) is 3.03. The first kappa shape index (κ1) is 18.5. The second kappa shape index (κ2) is 7.51. The van der Waals surface area contributed by atoms with Crippen LogP contribution in [0.4, 0.5) is 0 Å². The van der Waals surface area contributed by atoms with E-state index in [1.807, 2.05) is 35.8 Å². The molecule has 0 aliphatic rings. The molecule has 6 nitrogen and oxygen atoms in total. The molecule has 0 bridgehead atoms. The average molecular weight is 390 g/mol. The molecule has 26 heavy (non-hydrogen) atoms. The van der Waals surface area contributed by atoms with Crippen molar-refractivity contribution < 1.29 is 13.5 Å². The van der Waals surface area contributed by atoms with E-state index in [-0.39, 0.29) is 5.75 Å². The molecule has 0 saturated carbocycles. The number of phenols is 1. The van der Waals surface area contributed by atoms with Gasteiger partial charge < -0.3 is 9.67 Å². The molecule has 2 aromatic carbocycles. The Labute approximate surface area is 156 Å². The summed E-state index contributed by atoms with van der Waals surface area (Å²) in [6, 6.07) is 13.7. The van der Waals surface area contributed by atoms with Gasteiger partial charge in [0.25, 0.3) is 0 Å². The maximum absolute atomic E-state index is 11.5. The van der Waals surface area contributed by atoms with Gasteiger partial charge in [0.1, 0.15) is 5.75 Å². The predicted molar refractivity (Wildman–Crippen MR) is 102 cm³/mol. The van der Waals surface area contributed by atoms with Crippen molar-refractivity contribution in [2.75, 3.05) is 6.26 Å². The topological polar surface area (TPSA) is 85.1 Å². The largest absolute Gasteiger partial charge is 0.508 e. The number of benzene rings is 2. The minimum atomic E-state index is -3.18. The van der Waals surface area contributed by atoms with Crippen LogP contribution in [0.1, 0.15) is 12.5 Å². The summed E-state index contributed by atoms with van der Waals surface area (Å²) in [5, 5.41) is 18.8. The summed E-state index contributed by atoms with van der Waals surface area (Å²) < 4.78 is 25.1. The van der Waals surface area contributed by atoms with Crippen LogP contribution in [-0.4, -0.2) is 34.5 Å². The van der Waals surface area contributed by atoms with Crippen LogP contribution in [0.25, 0.3) is 11.4 Å². The SMILES string of the molecule is CCn1c(SCc2ccc(S(C)(=O)=O)cc2)nnc1-c1ccc(O)cc1. The molecule has 0 aliphatic heterocycles. The van der Waals surface area contributed by atoms with Crippen molar-refractivity contribution in [3.05, 3.63) is 54.1 Å². The standard InChI is InChI=1S/C18H19N3O3S2/c1-3-21-17(14-6-8-15(22)9-7-14)19-20-18(21)25-12-13-4-10-16(11-5-13)26(2,23)24/h4-11,22H,3,12H2,1-2H3. The number of phenolic OH excluding ortho intramolecular Hbond substituents is 1. The maximum Gasteiger partial charge on any atom is 0.191 e. The molecule has 0 saturated heterocycles. The maximum atomic E-state index is 11.5. The van der Waals surface area contributed by atoms with Gasteiger partial charge in [0.2, 0.25) is 0 Å². The van der Waals surface area contributed by atoms with Crippen molar-refractivity contribution in [3.8, 4) is 17.1 Å². The summed E-state index contributed by atoms with van der Waals surface area (Å²) in [5.41, 5.74) is 1.90. The van der Waals surface area contributed by atoms with E-state index in [9.17, 15) is 13.5 Å². The number of rotatable bonds is 6. The molecule has 0 spiro atoms. The Morgan fingerprint density at radius 2 is 1.69 bits per heavy atom. The first-order chi connectivity index (χ1) is 12.4. The lowest BCUT2D eigenvalue weighted by atomic mass is 10.2. The molecule has 0 unspecified atom stereocenters. The minimum Gasteiger partial charge on any atom is -0.508 e. The number of sulfone groups is 1. The third kappa shape index (κ3) is 4.08. The van der Waals surface area contributed by atoms with Crippen molar-refractivity contribution in [3.63, 3.8) is 0 Å². The van der Waals surface area contributed by atoms with Crippen LogP contribution in [0.2, 0.25) is 0 Å². The smallest absolute Gasteiger partial charge is 0.191 e. The van der Waals surface area contributed by atoms with Gasteiger partial charge in [-0.1, -0.05) is 23.9 Å². The number of thioether (sulfide) groups is 1. The van der Waals surface area contributed by atoms with E-state index >= 15 is 0 Å². The fraction of sp³-hybridized carbons (Fsp3) is 0.222. The molecule has 136 valence electrons. The highest BCUT2D eigenvalue weighted by molar-refractivity contribution is 7.98. The number of aromatic nitrogens is 3. The molecular formula is C18H19N3O3S2. The Morgan fingerprint density at radius 3 is 2.27 bits per heavy atom. The molecular weight excluding hydrogens is 370 g/mol. The van der Waals surface area contributed by atoms with Gasteiger partial charge in [-0.15, -0.1) is 10.2 Å². The van der Waals surface area contributed by atoms with E-state index in [1.165, 1.54) is 6.26 Å². The summed E-state index contributed by atoms with van der Waals surface area (Å²) in [6.07, 6.45) is 1.20. The van der Waals surface area contributed by atoms with Gasteiger partial charge in [0, 0.05) is 24.1 Å². The van der Waals surface area contributed by atoms with Crippen molar-refractivity contribution in [2.24, 2.45) is 0 Å². The number of nitrogens with zero attached hydrogens (tertiary/aromatic N) is 3. The fourth-order valence-corrected chi connectivity index (χ4v) is 4.07. The molecule has 3 rings (SSSR count). The number of hydrogen-bond acceptors (Lipinski definition) is 6. The van der Waals surface area contributed by atoms with Crippen LogP contribution >= 0.6 is 11.8 Å². The van der Waals surface area contributed by atoms with Crippen LogP contribution in [0.5, 0.6) is 5.75 Å². The first-order valence-electron chi connectivity index (χ1n) is 8.03. The molecule has 1 heterocycles. The summed E-state index contributed by atoms with van der Waals surface area (Å²) in [5.74, 6) is 1.63. The Kier molecular flexibility index (Phi) is 5.33. The van der Waals surface area contributed by atoms with Crippen LogP contribution < -0.4 is 0 Å². The highest BCUT2D eigenvalue weighted by atomic mass is 32.2. The van der Waals surface area contributed by atoms with E-state index in [1.54, 1.807) is 36.0 Å². The molecule has 1 aromatic heterocycles. The number of hydrogen-bond donors (Lipinski definition) is 1. The van der Waals surface area contributed by atoms with E-state index in [0.717, 1.165) is 28.7 Å². The quantitative estimate of drug-likeness (QED) is 0.651. The van der Waals surface area contributed by atoms with Gasteiger partial charge in [0.05, 0.1) is 4.90 Å². The monoisotopic (exact) mass is 389 g/mol. The van der Waals surface area contributed by atoms with Gasteiger partial charge in [-0.25, -0.2) is 8.42 Å². The van der Waals surface area contributed by atoms with E-state index in [0.29, 0.717) is 10.6 Å². The lowest BCUT2D eigenvalue weighted by Gasteiger charge is -2.08. The van der Waals surface area contributed by atoms with Crippen molar-refractivity contribution in [1.29, 1.82) is 0 Å². The molecule has 0 fully saturated rings. The van der Waals surface area contributed by atoms with E-state index in [2.05, 4.69) is 10.2 Å². The molecule has 0 radical (unpaired) electrons. The Balaban J connectivity index is 1.77. The van der Waals surface area contributed by atoms with Gasteiger partial charge in [-0.2, -0.15) is 0 Å². The summed E-state index contributed by atoms with van der Waals surface area (Å²) in [4.78, 5) is 0.317. The van der Waals surface area contributed by atoms with Crippen molar-refractivity contribution in [2.45, 2.75) is 29.3 Å². The van der Waals surface area contributed by atoms with Gasteiger partial charge in [-0.3, -0.25) is 0 Å². The highest BCUT2D eigenvalue weighted by Crippen LogP contribution is 2.27. The Bertz CT molecular complexity index is 995. The summed E-state index contributed by atoms with van der Waals surface area (Å²) in [7, 11) is -3.18. The van der Waals surface area contributed by atoms with Gasteiger partial charge in [0.15, 0.2) is 20.8 Å². The molecule has 0 aliphatic carbocycles. The van der Waals surface area contributed by atoms with Gasteiger partial charge in [-0.05, 0) is 48.9 Å². The predicted octanol–water partition coefficient (Wildman–Crippen LogP) is 3.37. The second-order valence-corrected chi connectivity index (χ2v) is 8.76. The van der Waals surface area contributed by atoms with E-state index in [4.69, 9.17) is 0 Å². The molecule has 0 atom stereocenters. The fourth-order valence-electron chi connectivity index (χ4n) is 2.49. The lowest BCUT2D eigenvalue weighted by molar-refractivity contribution is 0.475. The van der Waals surface area contributed by atoms with Crippen LogP contribution in [-0.2, 0) is 22.1 Å². The summed E-state index contributed by atoms with van der Waals surface area (Å²) in [6.45, 7) is 2.75. The Morgan fingerprint density at radius 1 is 1.04 bits per heavy atom. The summed E-state index contributed by atoms with van der Waals surface area (Å²) >= 11 is 1.55. The van der Waals surface area contributed by atoms with Crippen molar-refractivity contribution >= 4 is 21.6 Å². The third-order valence-electron chi connectivity index (χ3n) is 3.88. The van der Waals surface area contributed by atoms with Crippen molar-refractivity contribution in [1.82, 2.24) is 14.8 Å². The number of aromatic hydroxyl groups is 1. The van der Waals surface area contributed by atoms with Crippen LogP contribution in [0.3, 0.4) is 0 Å². The zero-order valence-electron chi connectivity index (χ0n) is 14.5. The molecule has 0 amide bonds. The first-order valence-corrected chi connectivity index (χ1v) is 10.9. The molecule has 1 N–H and O–H groups in total. The Hall–Kier alpha value is -2.32. The lowest BCUT2D eigenvalue weighted by Crippen LogP contribution is -2.00. The normalized spacial score (nSPS) is 11.6. The van der Waals surface area contributed by atoms with Crippen LogP contribution in [0.15, 0.2) is 58.6 Å².